The molecule has 0 spiro atoms. The number of aliphatic hydroxyl groups excluding tert-OH is 1. The quantitative estimate of drug-likeness (QED) is 0.427. The van der Waals surface area contributed by atoms with Crippen molar-refractivity contribution < 1.29 is 27.5 Å². The molecule has 0 bridgehead atoms. The van der Waals surface area contributed by atoms with Gasteiger partial charge >= 0.3 is 6.18 Å². The average Bonchev–Trinajstić information content (AvgIpc) is 3.01. The molecule has 0 unspecified atom stereocenters. The monoisotopic (exact) mass is 422 g/mol. The van der Waals surface area contributed by atoms with Gasteiger partial charge in [0.25, 0.3) is 0 Å². The fraction of sp³-hybridized carbons (Fsp3) is 0.412. The van der Waals surface area contributed by atoms with Gasteiger partial charge in [0.1, 0.15) is 5.82 Å². The molecule has 0 saturated carbocycles. The molecule has 3 N–H and O–H groups in total. The number of nitrogens with zero attached hydrogens (tertiary/aromatic N) is 2. The maximum absolute atomic E-state index is 13.2. The third-order valence-electron chi connectivity index (χ3n) is 3.75. The second kappa shape index (κ2) is 9.85. The number of halogens is 5. The second-order valence-corrected chi connectivity index (χ2v) is 6.33. The Morgan fingerprint density at radius 2 is 2.00 bits per heavy atom. The third-order valence-corrected chi connectivity index (χ3v) is 4.11. The molecule has 1 aromatic heterocycles. The van der Waals surface area contributed by atoms with Crippen LogP contribution in [-0.2, 0) is 30.5 Å². The molecular formula is C17H19ClF4N4O2. The first kappa shape index (κ1) is 22.1. The van der Waals surface area contributed by atoms with Gasteiger partial charge in [0, 0.05) is 36.4 Å². The first-order chi connectivity index (χ1) is 13.2. The molecule has 28 heavy (non-hydrogen) atoms. The molecule has 6 nitrogen and oxygen atoms in total. The standard InChI is InChI=1S/C17H19ClF4N4O2/c18-14-8-13(19)2-1-11(14)9-24-15(28)7-12-10-26(5-3-23-4-6-27)25-16(12)17(20,21)22/h1-2,8,10,23,27H,3-7,9H2,(H,24,28). The zero-order valence-electron chi connectivity index (χ0n) is 14.7. The topological polar surface area (TPSA) is 79.2 Å². The maximum atomic E-state index is 13.2. The Labute approximate surface area is 163 Å². The SMILES string of the molecule is O=C(Cc1cn(CCNCCO)nc1C(F)(F)F)NCc1ccc(F)cc1Cl. The van der Waals surface area contributed by atoms with E-state index in [2.05, 4.69) is 15.7 Å². The molecule has 1 heterocycles. The van der Waals surface area contributed by atoms with Gasteiger partial charge in [0.15, 0.2) is 5.69 Å². The smallest absolute Gasteiger partial charge is 0.395 e. The number of benzene rings is 1. The lowest BCUT2D eigenvalue weighted by molar-refractivity contribution is -0.142. The van der Waals surface area contributed by atoms with Crippen molar-refractivity contribution in [2.24, 2.45) is 0 Å². The number of carbonyl (C=O) groups excluding carboxylic acids is 1. The van der Waals surface area contributed by atoms with Crippen molar-refractivity contribution in [3.8, 4) is 0 Å². The highest BCUT2D eigenvalue weighted by molar-refractivity contribution is 6.31. The van der Waals surface area contributed by atoms with E-state index >= 15 is 0 Å². The maximum Gasteiger partial charge on any atom is 0.435 e. The normalized spacial score (nSPS) is 11.6. The minimum absolute atomic E-state index is 0.0431. The van der Waals surface area contributed by atoms with Crippen molar-refractivity contribution in [1.29, 1.82) is 0 Å². The van der Waals surface area contributed by atoms with Crippen LogP contribution in [0.1, 0.15) is 16.8 Å². The Morgan fingerprint density at radius 3 is 2.64 bits per heavy atom. The average molecular weight is 423 g/mol. The fourth-order valence-corrected chi connectivity index (χ4v) is 2.67. The minimum Gasteiger partial charge on any atom is -0.395 e. The van der Waals surface area contributed by atoms with Gasteiger partial charge in [0.2, 0.25) is 5.91 Å². The van der Waals surface area contributed by atoms with Crippen LogP contribution in [0, 0.1) is 5.82 Å². The van der Waals surface area contributed by atoms with Gasteiger partial charge in [-0.1, -0.05) is 17.7 Å². The van der Waals surface area contributed by atoms with E-state index in [1.165, 1.54) is 18.3 Å². The highest BCUT2D eigenvalue weighted by atomic mass is 35.5. The van der Waals surface area contributed by atoms with Crippen molar-refractivity contribution in [2.75, 3.05) is 19.7 Å². The first-order valence-corrected chi connectivity index (χ1v) is 8.74. The molecule has 0 atom stereocenters. The number of hydrogen-bond acceptors (Lipinski definition) is 4. The van der Waals surface area contributed by atoms with E-state index in [1.54, 1.807) is 0 Å². The molecule has 0 fully saturated rings. The van der Waals surface area contributed by atoms with E-state index in [0.29, 0.717) is 18.7 Å². The number of alkyl halides is 3. The number of amides is 1. The van der Waals surface area contributed by atoms with E-state index in [9.17, 15) is 22.4 Å². The number of aliphatic hydroxyl groups is 1. The van der Waals surface area contributed by atoms with Crippen LogP contribution in [-0.4, -0.2) is 40.5 Å². The van der Waals surface area contributed by atoms with Gasteiger partial charge in [0.05, 0.1) is 19.6 Å². The summed E-state index contributed by atoms with van der Waals surface area (Å²) < 4.78 is 53.7. The molecule has 0 aliphatic carbocycles. The lowest BCUT2D eigenvalue weighted by Gasteiger charge is -2.08. The van der Waals surface area contributed by atoms with E-state index < -0.39 is 30.0 Å². The van der Waals surface area contributed by atoms with Gasteiger partial charge in [-0.15, -0.1) is 0 Å². The zero-order valence-corrected chi connectivity index (χ0v) is 15.4. The largest absolute Gasteiger partial charge is 0.435 e. The van der Waals surface area contributed by atoms with Gasteiger partial charge in [-0.25, -0.2) is 4.39 Å². The summed E-state index contributed by atoms with van der Waals surface area (Å²) in [6.45, 7) is 0.646. The molecule has 0 radical (unpaired) electrons. The minimum atomic E-state index is -4.69. The molecule has 2 rings (SSSR count). The summed E-state index contributed by atoms with van der Waals surface area (Å²) in [6, 6.07) is 3.64. The van der Waals surface area contributed by atoms with Crippen molar-refractivity contribution in [2.45, 2.75) is 25.7 Å². The summed E-state index contributed by atoms with van der Waals surface area (Å²) in [5.41, 5.74) is -0.930. The Bertz CT molecular complexity index is 811. The molecule has 0 aliphatic heterocycles. The lowest BCUT2D eigenvalue weighted by atomic mass is 10.1. The van der Waals surface area contributed by atoms with Crippen molar-refractivity contribution in [1.82, 2.24) is 20.4 Å². The van der Waals surface area contributed by atoms with Crippen LogP contribution in [0.4, 0.5) is 17.6 Å². The number of nitrogens with one attached hydrogen (secondary N) is 2. The summed E-state index contributed by atoms with van der Waals surface area (Å²) in [4.78, 5) is 12.1. The van der Waals surface area contributed by atoms with E-state index in [1.807, 2.05) is 0 Å². The number of hydrogen-bond donors (Lipinski definition) is 3. The summed E-state index contributed by atoms with van der Waals surface area (Å²) >= 11 is 5.86. The summed E-state index contributed by atoms with van der Waals surface area (Å²) in [7, 11) is 0. The van der Waals surface area contributed by atoms with Crippen molar-refractivity contribution in [3.63, 3.8) is 0 Å². The van der Waals surface area contributed by atoms with Crippen molar-refractivity contribution >= 4 is 17.5 Å². The molecule has 0 aliphatic rings. The Hall–Kier alpha value is -2.17. The Morgan fingerprint density at radius 1 is 1.25 bits per heavy atom. The zero-order chi connectivity index (χ0) is 20.7. The van der Waals surface area contributed by atoms with Crippen LogP contribution in [0.25, 0.3) is 0 Å². The molecule has 1 amide bonds. The van der Waals surface area contributed by atoms with Crippen LogP contribution in [0.2, 0.25) is 5.02 Å². The number of carbonyl (C=O) groups is 1. The predicted octanol–water partition coefficient (Wildman–Crippen LogP) is 2.14. The van der Waals surface area contributed by atoms with Gasteiger partial charge in [-0.3, -0.25) is 9.48 Å². The Balaban J connectivity index is 2.02. The summed E-state index contributed by atoms with van der Waals surface area (Å²) in [5, 5.41) is 17.6. The number of rotatable bonds is 9. The summed E-state index contributed by atoms with van der Waals surface area (Å²) in [6.07, 6.45) is -4.04. The van der Waals surface area contributed by atoms with Crippen molar-refractivity contribution in [3.05, 3.63) is 52.1 Å². The van der Waals surface area contributed by atoms with Gasteiger partial charge in [-0.05, 0) is 17.7 Å². The van der Waals surface area contributed by atoms with Gasteiger partial charge in [-0.2, -0.15) is 18.3 Å². The predicted molar refractivity (Wildman–Crippen MR) is 94.1 cm³/mol. The molecule has 11 heteroatoms. The number of aromatic nitrogens is 2. The fourth-order valence-electron chi connectivity index (χ4n) is 2.44. The summed E-state index contributed by atoms with van der Waals surface area (Å²) in [5.74, 6) is -1.18. The third kappa shape index (κ3) is 6.47. The lowest BCUT2D eigenvalue weighted by Crippen LogP contribution is -2.25. The van der Waals surface area contributed by atoms with Crippen LogP contribution < -0.4 is 10.6 Å². The van der Waals surface area contributed by atoms with Crippen LogP contribution in [0.15, 0.2) is 24.4 Å². The first-order valence-electron chi connectivity index (χ1n) is 8.36. The van der Waals surface area contributed by atoms with Crippen LogP contribution in [0.3, 0.4) is 0 Å². The van der Waals surface area contributed by atoms with Crippen LogP contribution >= 0.6 is 11.6 Å². The highest BCUT2D eigenvalue weighted by Gasteiger charge is 2.37. The Kier molecular flexibility index (Phi) is 7.78. The molecule has 0 saturated heterocycles. The highest BCUT2D eigenvalue weighted by Crippen LogP contribution is 2.31. The van der Waals surface area contributed by atoms with E-state index in [4.69, 9.17) is 16.7 Å². The van der Waals surface area contributed by atoms with E-state index in [-0.39, 0.29) is 30.3 Å². The van der Waals surface area contributed by atoms with Crippen LogP contribution in [0.5, 0.6) is 0 Å². The molecule has 2 aromatic rings. The second-order valence-electron chi connectivity index (χ2n) is 5.93. The molecule has 1 aromatic carbocycles. The molecule has 154 valence electrons. The van der Waals surface area contributed by atoms with Gasteiger partial charge < -0.3 is 15.7 Å². The van der Waals surface area contributed by atoms with E-state index in [0.717, 1.165) is 10.7 Å². The molecular weight excluding hydrogens is 404 g/mol.